The SMILES string of the molecule is CCC[C@H]1CN(Cc2cnc(COC)nc2)C[C@@H]1NS(C)(=O)=O. The van der Waals surface area contributed by atoms with Gasteiger partial charge in [0.2, 0.25) is 10.0 Å². The van der Waals surface area contributed by atoms with Crippen LogP contribution in [0.2, 0.25) is 0 Å². The first-order valence-corrected chi connectivity index (χ1v) is 9.78. The number of methoxy groups -OCH3 is 1. The minimum Gasteiger partial charge on any atom is -0.377 e. The van der Waals surface area contributed by atoms with Crippen LogP contribution in [-0.4, -0.2) is 55.8 Å². The Kier molecular flexibility index (Phi) is 6.46. The zero-order chi connectivity index (χ0) is 16.9. The molecule has 1 aliphatic heterocycles. The molecule has 2 heterocycles. The summed E-state index contributed by atoms with van der Waals surface area (Å²) in [6, 6.07) is -0.0152. The molecule has 0 bridgehead atoms. The molecule has 1 fully saturated rings. The third-order valence-electron chi connectivity index (χ3n) is 3.98. The zero-order valence-electron chi connectivity index (χ0n) is 14.0. The predicted octanol–water partition coefficient (Wildman–Crippen LogP) is 0.773. The van der Waals surface area contributed by atoms with Gasteiger partial charge < -0.3 is 4.74 Å². The van der Waals surface area contributed by atoms with E-state index in [0.29, 0.717) is 18.3 Å². The van der Waals surface area contributed by atoms with Crippen LogP contribution >= 0.6 is 0 Å². The van der Waals surface area contributed by atoms with Gasteiger partial charge in [-0.1, -0.05) is 13.3 Å². The van der Waals surface area contributed by atoms with Crippen LogP contribution in [0.5, 0.6) is 0 Å². The molecule has 0 spiro atoms. The lowest BCUT2D eigenvalue weighted by Crippen LogP contribution is -2.39. The Hall–Kier alpha value is -1.09. The highest BCUT2D eigenvalue weighted by atomic mass is 32.2. The first-order chi connectivity index (χ1) is 10.9. The maximum atomic E-state index is 11.5. The van der Waals surface area contributed by atoms with Crippen molar-refractivity contribution in [1.29, 1.82) is 0 Å². The summed E-state index contributed by atoms with van der Waals surface area (Å²) in [6.45, 7) is 4.87. The molecular weight excluding hydrogens is 316 g/mol. The van der Waals surface area contributed by atoms with Gasteiger partial charge in [0.15, 0.2) is 5.82 Å². The predicted molar refractivity (Wildman–Crippen MR) is 88.2 cm³/mol. The lowest BCUT2D eigenvalue weighted by atomic mass is 9.99. The number of nitrogens with zero attached hydrogens (tertiary/aromatic N) is 3. The number of sulfonamides is 1. The lowest BCUT2D eigenvalue weighted by Gasteiger charge is -2.17. The molecular formula is C15H26N4O3S. The number of rotatable bonds is 8. The summed E-state index contributed by atoms with van der Waals surface area (Å²) in [7, 11) is -1.57. The van der Waals surface area contributed by atoms with Gasteiger partial charge in [0.1, 0.15) is 6.61 Å². The summed E-state index contributed by atoms with van der Waals surface area (Å²) in [5.41, 5.74) is 1.03. The summed E-state index contributed by atoms with van der Waals surface area (Å²) in [5.74, 6) is 1.02. The molecule has 0 aromatic carbocycles. The third-order valence-corrected chi connectivity index (χ3v) is 4.71. The lowest BCUT2D eigenvalue weighted by molar-refractivity contribution is 0.177. The smallest absolute Gasteiger partial charge is 0.209 e. The molecule has 0 unspecified atom stereocenters. The fourth-order valence-corrected chi connectivity index (χ4v) is 3.90. The monoisotopic (exact) mass is 342 g/mol. The summed E-state index contributed by atoms with van der Waals surface area (Å²) in [5, 5.41) is 0. The van der Waals surface area contributed by atoms with Gasteiger partial charge in [-0.3, -0.25) is 4.90 Å². The molecule has 8 heteroatoms. The molecule has 1 aliphatic rings. The summed E-state index contributed by atoms with van der Waals surface area (Å²) >= 11 is 0. The maximum Gasteiger partial charge on any atom is 0.209 e. The van der Waals surface area contributed by atoms with Gasteiger partial charge >= 0.3 is 0 Å². The summed E-state index contributed by atoms with van der Waals surface area (Å²) < 4.78 is 30.9. The van der Waals surface area contributed by atoms with Crippen LogP contribution in [0, 0.1) is 5.92 Å². The maximum absolute atomic E-state index is 11.5. The average molecular weight is 342 g/mol. The van der Waals surface area contributed by atoms with E-state index in [4.69, 9.17) is 4.74 Å². The van der Waals surface area contributed by atoms with Crippen molar-refractivity contribution >= 4 is 10.0 Å². The summed E-state index contributed by atoms with van der Waals surface area (Å²) in [6.07, 6.45) is 6.92. The van der Waals surface area contributed by atoms with Gasteiger partial charge in [0, 0.05) is 50.7 Å². The molecule has 2 atom stereocenters. The van der Waals surface area contributed by atoms with Crippen molar-refractivity contribution < 1.29 is 13.2 Å². The molecule has 1 aromatic heterocycles. The molecule has 23 heavy (non-hydrogen) atoms. The van der Waals surface area contributed by atoms with Crippen molar-refractivity contribution in [3.05, 3.63) is 23.8 Å². The second-order valence-electron chi connectivity index (χ2n) is 6.18. The van der Waals surface area contributed by atoms with Crippen molar-refractivity contribution in [3.63, 3.8) is 0 Å². The van der Waals surface area contributed by atoms with Gasteiger partial charge in [-0.25, -0.2) is 23.1 Å². The Morgan fingerprint density at radius 3 is 2.61 bits per heavy atom. The quantitative estimate of drug-likeness (QED) is 0.751. The van der Waals surface area contributed by atoms with Crippen molar-refractivity contribution in [3.8, 4) is 0 Å². The van der Waals surface area contributed by atoms with Crippen LogP contribution in [0.1, 0.15) is 31.2 Å². The topological polar surface area (TPSA) is 84.4 Å². The minimum atomic E-state index is -3.18. The fourth-order valence-electron chi connectivity index (χ4n) is 3.09. The summed E-state index contributed by atoms with van der Waals surface area (Å²) in [4.78, 5) is 10.8. The van der Waals surface area contributed by atoms with E-state index in [0.717, 1.165) is 38.0 Å². The van der Waals surface area contributed by atoms with Crippen LogP contribution in [-0.2, 0) is 27.9 Å². The molecule has 1 saturated heterocycles. The molecule has 0 amide bonds. The standard InChI is InChI=1S/C15H26N4O3S/c1-4-5-13-9-19(10-14(13)18-23(3,20)21)8-12-6-16-15(11-22-2)17-7-12/h6-7,13-14,18H,4-5,8-11H2,1-3H3/t13-,14-/m0/s1. The number of nitrogens with one attached hydrogen (secondary N) is 1. The Balaban J connectivity index is 1.97. The molecule has 7 nitrogen and oxygen atoms in total. The molecule has 1 N–H and O–H groups in total. The number of hydrogen-bond donors (Lipinski definition) is 1. The number of ether oxygens (including phenoxy) is 1. The van der Waals surface area contributed by atoms with Crippen molar-refractivity contribution in [1.82, 2.24) is 19.6 Å². The van der Waals surface area contributed by atoms with Gasteiger partial charge in [-0.2, -0.15) is 0 Å². The van der Waals surface area contributed by atoms with Crippen LogP contribution in [0.3, 0.4) is 0 Å². The van der Waals surface area contributed by atoms with E-state index in [2.05, 4.69) is 26.5 Å². The average Bonchev–Trinajstić information content (AvgIpc) is 2.81. The van der Waals surface area contributed by atoms with E-state index in [1.165, 1.54) is 6.26 Å². The van der Waals surface area contributed by atoms with Crippen LogP contribution in [0.25, 0.3) is 0 Å². The van der Waals surface area contributed by atoms with Crippen molar-refractivity contribution in [2.75, 3.05) is 26.5 Å². The van der Waals surface area contributed by atoms with Crippen molar-refractivity contribution in [2.45, 2.75) is 39.0 Å². The highest BCUT2D eigenvalue weighted by Crippen LogP contribution is 2.23. The molecule has 130 valence electrons. The first-order valence-electron chi connectivity index (χ1n) is 7.89. The van der Waals surface area contributed by atoms with E-state index in [9.17, 15) is 8.42 Å². The van der Waals surface area contributed by atoms with Gasteiger partial charge in [0.05, 0.1) is 6.26 Å². The second kappa shape index (κ2) is 8.14. The first kappa shape index (κ1) is 18.3. The molecule has 0 aliphatic carbocycles. The highest BCUT2D eigenvalue weighted by molar-refractivity contribution is 7.88. The van der Waals surface area contributed by atoms with E-state index in [1.54, 1.807) is 7.11 Å². The second-order valence-corrected chi connectivity index (χ2v) is 7.96. The van der Waals surface area contributed by atoms with E-state index in [-0.39, 0.29) is 6.04 Å². The van der Waals surface area contributed by atoms with Crippen LogP contribution in [0.15, 0.2) is 12.4 Å². The van der Waals surface area contributed by atoms with Crippen LogP contribution < -0.4 is 4.72 Å². The number of likely N-dealkylation sites (tertiary alicyclic amines) is 1. The number of hydrogen-bond acceptors (Lipinski definition) is 6. The third kappa shape index (κ3) is 5.80. The normalized spacial score (nSPS) is 22.6. The van der Waals surface area contributed by atoms with Crippen molar-refractivity contribution in [2.24, 2.45) is 5.92 Å². The van der Waals surface area contributed by atoms with Crippen LogP contribution in [0.4, 0.5) is 0 Å². The molecule has 2 rings (SSSR count). The largest absolute Gasteiger partial charge is 0.377 e. The van der Waals surface area contributed by atoms with E-state index in [1.807, 2.05) is 12.4 Å². The molecule has 0 saturated carbocycles. The Morgan fingerprint density at radius 2 is 2.04 bits per heavy atom. The van der Waals surface area contributed by atoms with Gasteiger partial charge in [-0.05, 0) is 12.3 Å². The Labute approximate surface area is 138 Å². The van der Waals surface area contributed by atoms with Gasteiger partial charge in [-0.15, -0.1) is 0 Å². The Bertz CT molecular complexity index is 591. The highest BCUT2D eigenvalue weighted by Gasteiger charge is 2.33. The molecule has 1 aromatic rings. The zero-order valence-corrected chi connectivity index (χ0v) is 14.8. The Morgan fingerprint density at radius 1 is 1.35 bits per heavy atom. The fraction of sp³-hybridized carbons (Fsp3) is 0.733. The molecule has 0 radical (unpaired) electrons. The van der Waals surface area contributed by atoms with E-state index >= 15 is 0 Å². The van der Waals surface area contributed by atoms with Gasteiger partial charge in [0.25, 0.3) is 0 Å². The van der Waals surface area contributed by atoms with E-state index < -0.39 is 10.0 Å². The number of aromatic nitrogens is 2. The minimum absolute atomic E-state index is 0.0152.